The summed E-state index contributed by atoms with van der Waals surface area (Å²) in [5, 5.41) is 13.9. The van der Waals surface area contributed by atoms with Crippen molar-refractivity contribution in [2.45, 2.75) is 78.9 Å². The Kier molecular flexibility index (Phi) is 7.69. The van der Waals surface area contributed by atoms with Crippen molar-refractivity contribution < 1.29 is 0 Å². The van der Waals surface area contributed by atoms with Gasteiger partial charge in [0, 0.05) is 24.2 Å². The summed E-state index contributed by atoms with van der Waals surface area (Å²) in [6.45, 7) is 14.0. The molecule has 7 heteroatoms. The van der Waals surface area contributed by atoms with Crippen LogP contribution in [0.1, 0.15) is 74.7 Å². The topological polar surface area (TPSA) is 79.7 Å². The number of aromatic amines is 1. The van der Waals surface area contributed by atoms with Crippen LogP contribution in [-0.4, -0.2) is 36.6 Å². The molecule has 36 heavy (non-hydrogen) atoms. The lowest BCUT2D eigenvalue weighted by molar-refractivity contribution is 0.158. The van der Waals surface area contributed by atoms with Gasteiger partial charge in [-0.05, 0) is 98.2 Å². The first-order chi connectivity index (χ1) is 17.2. The van der Waals surface area contributed by atoms with Gasteiger partial charge in [0.15, 0.2) is 5.82 Å². The Morgan fingerprint density at radius 2 is 1.78 bits per heavy atom. The highest BCUT2D eigenvalue weighted by atomic mass is 16.1. The molecule has 0 aliphatic carbocycles. The number of rotatable bonds is 9. The van der Waals surface area contributed by atoms with E-state index in [-0.39, 0.29) is 17.1 Å². The van der Waals surface area contributed by atoms with Gasteiger partial charge in [-0.15, -0.1) is 5.10 Å². The van der Waals surface area contributed by atoms with Crippen molar-refractivity contribution in [3.8, 4) is 0 Å². The quantitative estimate of drug-likeness (QED) is 0.339. The van der Waals surface area contributed by atoms with Gasteiger partial charge in [-0.25, -0.2) is 4.68 Å². The molecule has 4 rings (SSSR count). The van der Waals surface area contributed by atoms with Crippen LogP contribution < -0.4 is 5.56 Å². The largest absolute Gasteiger partial charge is 0.322 e. The van der Waals surface area contributed by atoms with Crippen LogP contribution in [0.2, 0.25) is 0 Å². The fourth-order valence-corrected chi connectivity index (χ4v) is 4.75. The summed E-state index contributed by atoms with van der Waals surface area (Å²) >= 11 is 0. The molecule has 0 radical (unpaired) electrons. The van der Waals surface area contributed by atoms with Gasteiger partial charge in [-0.1, -0.05) is 43.7 Å². The fraction of sp³-hybridized carbons (Fsp3) is 0.448. The number of nitrogens with one attached hydrogen (secondary N) is 1. The van der Waals surface area contributed by atoms with E-state index < -0.39 is 0 Å². The molecule has 2 aromatic carbocycles. The molecular weight excluding hydrogens is 448 g/mol. The second kappa shape index (κ2) is 10.7. The SMILES string of the molecule is CCC[C@@H](c1nnnn1C(C)(C)C)N(CCc1ccccc1)Cc1cc2cc(C)c(C)cc2[nH]c1=O. The predicted molar refractivity (Wildman–Crippen MR) is 145 cm³/mol. The standard InChI is InChI=1S/C29H38N6O/c1-7-11-26(27-31-32-33-35(27)29(4,5)6)34(15-14-22-12-9-8-10-13-22)19-24-18-23-16-20(2)21(3)17-25(23)30-28(24)36/h8-10,12-13,16-18,26H,7,11,14-15,19H2,1-6H3,(H,30,36)/t26-/m0/s1. The van der Waals surface area contributed by atoms with Gasteiger partial charge in [0.2, 0.25) is 0 Å². The Balaban J connectivity index is 1.75. The molecule has 1 N–H and O–H groups in total. The van der Waals surface area contributed by atoms with Crippen LogP contribution in [0, 0.1) is 13.8 Å². The lowest BCUT2D eigenvalue weighted by Gasteiger charge is -2.33. The Labute approximate surface area is 213 Å². The molecule has 0 amide bonds. The highest BCUT2D eigenvalue weighted by molar-refractivity contribution is 5.80. The second-order valence-corrected chi connectivity index (χ2v) is 10.8. The minimum atomic E-state index is -0.244. The van der Waals surface area contributed by atoms with Crippen molar-refractivity contribution in [1.29, 1.82) is 0 Å². The van der Waals surface area contributed by atoms with Gasteiger partial charge in [0.25, 0.3) is 5.56 Å². The predicted octanol–water partition coefficient (Wildman–Crippen LogP) is 5.47. The molecule has 0 saturated carbocycles. The Morgan fingerprint density at radius 3 is 2.47 bits per heavy atom. The first-order valence-corrected chi connectivity index (χ1v) is 12.9. The average molecular weight is 487 g/mol. The molecule has 0 aliphatic rings. The summed E-state index contributed by atoms with van der Waals surface area (Å²) in [6.07, 6.45) is 2.76. The number of aromatic nitrogens is 5. The number of aryl methyl sites for hydroxylation is 2. The van der Waals surface area contributed by atoms with E-state index in [4.69, 9.17) is 0 Å². The van der Waals surface area contributed by atoms with E-state index in [1.807, 2.05) is 16.8 Å². The van der Waals surface area contributed by atoms with Crippen molar-refractivity contribution >= 4 is 10.9 Å². The summed E-state index contributed by atoms with van der Waals surface area (Å²) in [4.78, 5) is 18.7. The zero-order chi connectivity index (χ0) is 25.9. The minimum absolute atomic E-state index is 0.0113. The molecule has 190 valence electrons. The Bertz CT molecular complexity index is 1370. The van der Waals surface area contributed by atoms with Gasteiger partial charge in [0.05, 0.1) is 11.6 Å². The van der Waals surface area contributed by atoms with Gasteiger partial charge in [-0.2, -0.15) is 0 Å². The second-order valence-electron chi connectivity index (χ2n) is 10.8. The van der Waals surface area contributed by atoms with Crippen molar-refractivity contribution in [3.05, 3.63) is 87.0 Å². The highest BCUT2D eigenvalue weighted by Crippen LogP contribution is 2.29. The lowest BCUT2D eigenvalue weighted by atomic mass is 10.0. The third-order valence-electron chi connectivity index (χ3n) is 6.87. The van der Waals surface area contributed by atoms with E-state index in [9.17, 15) is 4.79 Å². The van der Waals surface area contributed by atoms with Crippen LogP contribution in [0.5, 0.6) is 0 Å². The molecule has 1 atom stereocenters. The Morgan fingerprint density at radius 1 is 1.06 bits per heavy atom. The van der Waals surface area contributed by atoms with Crippen molar-refractivity contribution in [2.75, 3.05) is 6.54 Å². The number of tetrazole rings is 1. The number of hydrogen-bond acceptors (Lipinski definition) is 5. The molecule has 7 nitrogen and oxygen atoms in total. The van der Waals surface area contributed by atoms with E-state index in [0.29, 0.717) is 6.54 Å². The van der Waals surface area contributed by atoms with Crippen LogP contribution in [-0.2, 0) is 18.5 Å². The van der Waals surface area contributed by atoms with E-state index in [2.05, 4.69) is 103 Å². The first kappa shape index (κ1) is 25.8. The van der Waals surface area contributed by atoms with Crippen molar-refractivity contribution in [2.24, 2.45) is 0 Å². The van der Waals surface area contributed by atoms with Crippen LogP contribution in [0.3, 0.4) is 0 Å². The van der Waals surface area contributed by atoms with Gasteiger partial charge in [-0.3, -0.25) is 9.69 Å². The maximum absolute atomic E-state index is 13.2. The molecule has 4 aromatic rings. The Hall–Kier alpha value is -3.32. The molecule has 2 aromatic heterocycles. The van der Waals surface area contributed by atoms with E-state index in [1.165, 1.54) is 16.7 Å². The maximum atomic E-state index is 13.2. The molecule has 0 spiro atoms. The number of hydrogen-bond donors (Lipinski definition) is 1. The summed E-state index contributed by atoms with van der Waals surface area (Å²) < 4.78 is 1.93. The number of H-pyrrole nitrogens is 1. The summed E-state index contributed by atoms with van der Waals surface area (Å²) in [5.74, 6) is 0.848. The summed E-state index contributed by atoms with van der Waals surface area (Å²) in [6, 6.07) is 16.7. The minimum Gasteiger partial charge on any atom is -0.322 e. The molecule has 2 heterocycles. The van der Waals surface area contributed by atoms with Crippen molar-refractivity contribution in [3.63, 3.8) is 0 Å². The summed E-state index contributed by atoms with van der Waals surface area (Å²) in [7, 11) is 0. The highest BCUT2D eigenvalue weighted by Gasteiger charge is 2.30. The third-order valence-corrected chi connectivity index (χ3v) is 6.87. The zero-order valence-electron chi connectivity index (χ0n) is 22.4. The molecule has 0 fully saturated rings. The smallest absolute Gasteiger partial charge is 0.252 e. The number of pyridine rings is 1. The molecular formula is C29H38N6O. The fourth-order valence-electron chi connectivity index (χ4n) is 4.75. The third kappa shape index (κ3) is 5.73. The molecule has 0 aliphatic heterocycles. The molecule has 0 saturated heterocycles. The molecule has 0 bridgehead atoms. The monoisotopic (exact) mass is 486 g/mol. The van der Waals surface area contributed by atoms with E-state index >= 15 is 0 Å². The summed E-state index contributed by atoms with van der Waals surface area (Å²) in [5.41, 5.74) is 5.01. The number of nitrogens with zero attached hydrogens (tertiary/aromatic N) is 5. The first-order valence-electron chi connectivity index (χ1n) is 12.9. The van der Waals surface area contributed by atoms with Gasteiger partial charge in [0.1, 0.15) is 0 Å². The van der Waals surface area contributed by atoms with Crippen molar-refractivity contribution in [1.82, 2.24) is 30.1 Å². The van der Waals surface area contributed by atoms with Gasteiger partial charge >= 0.3 is 0 Å². The number of fused-ring (bicyclic) bond motifs is 1. The van der Waals surface area contributed by atoms with E-state index in [0.717, 1.165) is 48.1 Å². The zero-order valence-corrected chi connectivity index (χ0v) is 22.4. The van der Waals surface area contributed by atoms with Crippen LogP contribution >= 0.6 is 0 Å². The van der Waals surface area contributed by atoms with Crippen LogP contribution in [0.25, 0.3) is 10.9 Å². The maximum Gasteiger partial charge on any atom is 0.252 e. The lowest BCUT2D eigenvalue weighted by Crippen LogP contribution is -2.36. The average Bonchev–Trinajstić information content (AvgIpc) is 3.33. The van der Waals surface area contributed by atoms with Gasteiger partial charge < -0.3 is 4.98 Å². The normalized spacial score (nSPS) is 13.0. The van der Waals surface area contributed by atoms with Crippen LogP contribution in [0.4, 0.5) is 0 Å². The number of benzene rings is 2. The van der Waals surface area contributed by atoms with Crippen LogP contribution in [0.15, 0.2) is 53.3 Å². The molecule has 0 unspecified atom stereocenters. The van der Waals surface area contributed by atoms with E-state index in [1.54, 1.807) is 0 Å².